The third-order valence-electron chi connectivity index (χ3n) is 13.1. The lowest BCUT2D eigenvalue weighted by molar-refractivity contribution is -0.134. The van der Waals surface area contributed by atoms with Crippen LogP contribution in [0.4, 0.5) is 10.3 Å². The van der Waals surface area contributed by atoms with E-state index in [1.807, 2.05) is 0 Å². The number of carbonyl (C=O) groups excluding carboxylic acids is 10. The maximum atomic E-state index is 14.3. The number of Topliss-reactive ketones (excluding diaryl/α,β-unsaturated/α-hetero) is 2. The summed E-state index contributed by atoms with van der Waals surface area (Å²) in [6.07, 6.45) is 2.79. The Hall–Kier alpha value is -8.00. The summed E-state index contributed by atoms with van der Waals surface area (Å²) in [7, 11) is 0. The number of fused-ring (bicyclic) bond motifs is 8. The molecule has 0 spiro atoms. The fraction of sp³-hybridized carbons (Fsp3) is 0.472. The number of aromatic nitrogens is 2. The van der Waals surface area contributed by atoms with E-state index >= 15 is 0 Å². The first-order valence-corrected chi connectivity index (χ1v) is 27.6. The number of aromatic hydroxyl groups is 2. The molecule has 0 radical (unpaired) electrons. The van der Waals surface area contributed by atoms with E-state index in [1.54, 1.807) is 36.7 Å². The van der Waals surface area contributed by atoms with Crippen LogP contribution in [0, 0.1) is 5.92 Å². The van der Waals surface area contributed by atoms with E-state index in [0.29, 0.717) is 56.9 Å². The first-order chi connectivity index (χ1) is 37.5. The lowest BCUT2D eigenvalue weighted by Crippen LogP contribution is -2.56. The second kappa shape index (κ2) is 28.1. The molecular formula is C53H68N12O12S2. The van der Waals surface area contributed by atoms with Crippen molar-refractivity contribution in [2.75, 3.05) is 30.3 Å². The molecule has 26 heteroatoms. The molecule has 0 fully saturated rings. The zero-order chi connectivity index (χ0) is 57.5. The van der Waals surface area contributed by atoms with Gasteiger partial charge in [0.25, 0.3) is 0 Å². The maximum Gasteiger partial charge on any atom is 0.243 e. The fourth-order valence-corrected chi connectivity index (χ4v) is 10.1. The zero-order valence-electron chi connectivity index (χ0n) is 44.7. The number of hydrogen-bond acceptors (Lipinski definition) is 18. The van der Waals surface area contributed by atoms with Crippen LogP contribution in [0.2, 0.25) is 0 Å². The molecule has 2 aromatic carbocycles. The summed E-state index contributed by atoms with van der Waals surface area (Å²) in [5.41, 5.74) is 2.00. The van der Waals surface area contributed by atoms with Crippen LogP contribution in [-0.4, -0.2) is 141 Å². The fourth-order valence-electron chi connectivity index (χ4n) is 8.39. The Kier molecular flexibility index (Phi) is 21.4. The average molecular weight is 1130 g/mol. The van der Waals surface area contributed by atoms with Crippen molar-refractivity contribution in [1.29, 1.82) is 0 Å². The molecule has 8 bridgehead atoms. The van der Waals surface area contributed by atoms with E-state index in [1.165, 1.54) is 76.3 Å². The third-order valence-corrected chi connectivity index (χ3v) is 15.0. The SMILES string of the molecule is C[C@@H]1CC(=O)[C@H](C)NC(=O)[C@@H](NC(=O)CCC(=O)[C@@H]2Cc3ccc(O)c(c3)Cc3cnc(s3)NCC(=O)N[C@@H](C)C(=O)N[C@@H](C)C(=O)N[C@@H](C)C(=O)N2)Cc2ccc(O)c(c2)Cc2cnc(s2)NCCCNC(=O)[C@H](C)NC1=O. The normalized spacial score (nSPS) is 24.0. The summed E-state index contributed by atoms with van der Waals surface area (Å²) in [5.74, 6) is -7.24. The Morgan fingerprint density at radius 2 is 1.08 bits per heavy atom. The van der Waals surface area contributed by atoms with Crippen LogP contribution >= 0.6 is 22.7 Å². The van der Waals surface area contributed by atoms with Gasteiger partial charge in [0.05, 0.1) is 18.6 Å². The van der Waals surface area contributed by atoms with E-state index in [9.17, 15) is 58.2 Å². The second-order valence-corrected chi connectivity index (χ2v) is 22.0. The molecule has 0 saturated carbocycles. The number of hydrogen-bond donors (Lipinski definition) is 12. The minimum absolute atomic E-state index is 0.0245. The topological polar surface area (TPSA) is 357 Å². The summed E-state index contributed by atoms with van der Waals surface area (Å²) in [6, 6.07) is 1.31. The van der Waals surface area contributed by atoms with Gasteiger partial charge >= 0.3 is 0 Å². The maximum absolute atomic E-state index is 14.3. The molecule has 8 amide bonds. The van der Waals surface area contributed by atoms with Crippen LogP contribution in [0.5, 0.6) is 11.5 Å². The van der Waals surface area contributed by atoms with Crippen molar-refractivity contribution in [2.45, 2.75) is 135 Å². The van der Waals surface area contributed by atoms with E-state index in [2.05, 4.69) is 63.1 Å². The summed E-state index contributed by atoms with van der Waals surface area (Å²) in [6.45, 7) is 9.27. The van der Waals surface area contributed by atoms with Gasteiger partial charge in [-0.25, -0.2) is 9.97 Å². The molecule has 4 aromatic rings. The monoisotopic (exact) mass is 1130 g/mol. The molecular weight excluding hydrogens is 1060 g/mol. The highest BCUT2D eigenvalue weighted by atomic mass is 32.1. The lowest BCUT2D eigenvalue weighted by atomic mass is 9.96. The predicted octanol–water partition coefficient (Wildman–Crippen LogP) is 0.773. The van der Waals surface area contributed by atoms with Gasteiger partial charge in [0.1, 0.15) is 41.7 Å². The van der Waals surface area contributed by atoms with Crippen molar-refractivity contribution < 1.29 is 58.2 Å². The number of nitrogens with zero attached hydrogens (tertiary/aromatic N) is 2. The Bertz CT molecular complexity index is 2930. The Labute approximate surface area is 464 Å². The number of carbonyl (C=O) groups is 10. The van der Waals surface area contributed by atoms with Gasteiger partial charge in [0.2, 0.25) is 47.3 Å². The van der Waals surface area contributed by atoms with Crippen LogP contribution in [0.3, 0.4) is 0 Å². The molecule has 0 saturated heterocycles. The summed E-state index contributed by atoms with van der Waals surface area (Å²) >= 11 is 2.58. The van der Waals surface area contributed by atoms with Crippen LogP contribution in [0.25, 0.3) is 0 Å². The smallest absolute Gasteiger partial charge is 0.243 e. The molecule has 0 unspecified atom stereocenters. The molecule has 424 valence electrons. The lowest BCUT2D eigenvalue weighted by Gasteiger charge is -2.24. The number of amides is 8. The van der Waals surface area contributed by atoms with Gasteiger partial charge in [0.15, 0.2) is 21.8 Å². The van der Waals surface area contributed by atoms with Crippen molar-refractivity contribution in [3.63, 3.8) is 0 Å². The van der Waals surface area contributed by atoms with Gasteiger partial charge < -0.3 is 63.4 Å². The van der Waals surface area contributed by atoms with E-state index in [-0.39, 0.29) is 50.1 Å². The van der Waals surface area contributed by atoms with Gasteiger partial charge in [-0.05, 0) is 81.8 Å². The molecule has 24 nitrogen and oxygen atoms in total. The van der Waals surface area contributed by atoms with Crippen molar-refractivity contribution in [2.24, 2.45) is 5.92 Å². The number of rotatable bonds is 5. The largest absolute Gasteiger partial charge is 0.508 e. The summed E-state index contributed by atoms with van der Waals surface area (Å²) in [5, 5.41) is 50.0. The van der Waals surface area contributed by atoms with E-state index in [4.69, 9.17) is 0 Å². The van der Waals surface area contributed by atoms with Crippen molar-refractivity contribution in [1.82, 2.24) is 52.5 Å². The number of anilines is 2. The predicted molar refractivity (Wildman–Crippen MR) is 293 cm³/mol. The molecule has 2 aromatic heterocycles. The molecule has 12 N–H and O–H groups in total. The quantitative estimate of drug-likeness (QED) is 0.131. The van der Waals surface area contributed by atoms with Gasteiger partial charge in [-0.1, -0.05) is 31.2 Å². The van der Waals surface area contributed by atoms with Crippen LogP contribution < -0.4 is 53.2 Å². The van der Waals surface area contributed by atoms with Crippen LogP contribution in [0.15, 0.2) is 48.8 Å². The minimum atomic E-state index is -1.34. The number of ketones is 2. The molecule has 6 rings (SSSR count). The Morgan fingerprint density at radius 3 is 1.68 bits per heavy atom. The highest BCUT2D eigenvalue weighted by molar-refractivity contribution is 7.15. The number of nitrogens with one attached hydrogen (secondary N) is 10. The number of thiazole rings is 2. The van der Waals surface area contributed by atoms with E-state index in [0.717, 1.165) is 4.88 Å². The molecule has 2 aliphatic rings. The number of phenolic OH excluding ortho intramolecular Hbond substituents is 2. The minimum Gasteiger partial charge on any atom is -0.508 e. The summed E-state index contributed by atoms with van der Waals surface area (Å²) in [4.78, 5) is 144. The van der Waals surface area contributed by atoms with E-state index < -0.39 is 120 Å². The second-order valence-electron chi connectivity index (χ2n) is 19.8. The highest BCUT2D eigenvalue weighted by Crippen LogP contribution is 2.29. The Balaban J connectivity index is 1.22. The van der Waals surface area contributed by atoms with Crippen LogP contribution in [0.1, 0.15) is 99.2 Å². The first kappa shape index (κ1) is 60.2. The van der Waals surface area contributed by atoms with Crippen molar-refractivity contribution in [3.05, 3.63) is 80.8 Å². The highest BCUT2D eigenvalue weighted by Gasteiger charge is 2.31. The zero-order valence-corrected chi connectivity index (χ0v) is 46.3. The van der Waals surface area contributed by atoms with Crippen LogP contribution in [-0.2, 0) is 73.6 Å². The van der Waals surface area contributed by atoms with Crippen molar-refractivity contribution >= 4 is 91.8 Å². The standard InChI is InChI=1S/C53H68N12O12S2/c1-26-16-43(69)27(2)60-51(77)39(20-33-9-11-41(67)35(18-33)21-36-23-56-52(78-36)55-15-7-14-54-47(73)28(3)61-46(26)72)64-44(70)13-12-42(68)38-19-32-8-10-40(66)34(17-32)22-37-24-57-53(79-37)58-25-45(71)59-29(4)48(74)62-30(5)49(75)63-31(6)50(76)65-38/h8-11,17-18,23-24,26-31,38-39,66-67H,7,12-16,19-22,25H2,1-6H3,(H,54,73)(H,55,56)(H,57,58)(H,59,71)(H,60,77)(H,61,72)(H,62,74)(H,63,75)(H,64,70)(H,65,76)/t26-,27+,28+,29+,30+,31+,38+,39+/m1/s1. The summed E-state index contributed by atoms with van der Waals surface area (Å²) < 4.78 is 0. The first-order valence-electron chi connectivity index (χ1n) is 25.9. The third kappa shape index (κ3) is 18.0. The van der Waals surface area contributed by atoms with Gasteiger partial charge in [-0.2, -0.15) is 0 Å². The van der Waals surface area contributed by atoms with Crippen molar-refractivity contribution in [3.8, 4) is 11.5 Å². The van der Waals surface area contributed by atoms with Gasteiger partial charge in [-0.15, -0.1) is 22.7 Å². The number of phenols is 2. The molecule has 8 atom stereocenters. The molecule has 2 aliphatic heterocycles. The molecule has 79 heavy (non-hydrogen) atoms. The molecule has 4 heterocycles. The average Bonchev–Trinajstić information content (AvgIpc) is 4.09. The molecule has 0 aliphatic carbocycles. The van der Waals surface area contributed by atoms with Gasteiger partial charge in [0, 0.05) is 79.7 Å². The number of benzene rings is 2. The van der Waals surface area contributed by atoms with Gasteiger partial charge in [-0.3, -0.25) is 47.9 Å². The Morgan fingerprint density at radius 1 is 0.570 bits per heavy atom.